The number of amides is 1. The van der Waals surface area contributed by atoms with Gasteiger partial charge in [0, 0.05) is 4.47 Å². The minimum atomic E-state index is -0.179. The van der Waals surface area contributed by atoms with Crippen molar-refractivity contribution in [1.82, 2.24) is 5.43 Å². The Kier molecular flexibility index (Phi) is 5.24. The molecule has 2 aromatic rings. The fraction of sp³-hybridized carbons (Fsp3) is 0.0625. The molecule has 0 fully saturated rings. The first-order valence-electron chi connectivity index (χ1n) is 6.24. The molecule has 0 aliphatic heterocycles. The van der Waals surface area contributed by atoms with Crippen LogP contribution in [0.15, 0.2) is 58.1 Å². The Balaban J connectivity index is 1.86. The molecule has 0 aliphatic rings. The number of hydrogen-bond donors (Lipinski definition) is 1. The Hall–Kier alpha value is -2.45. The maximum absolute atomic E-state index is 11.7. The monoisotopic (exact) mass is 341 g/mol. The Morgan fingerprint density at radius 3 is 2.48 bits per heavy atom. The molecule has 0 spiro atoms. The van der Waals surface area contributed by atoms with Gasteiger partial charge in [-0.2, -0.15) is 10.4 Å². The van der Waals surface area contributed by atoms with Crippen molar-refractivity contribution in [2.45, 2.75) is 6.42 Å². The Bertz CT molecular complexity index is 685. The molecule has 4 nitrogen and oxygen atoms in total. The Labute approximate surface area is 131 Å². The highest BCUT2D eigenvalue weighted by Gasteiger charge is 2.01. The first-order valence-corrected chi connectivity index (χ1v) is 7.03. The van der Waals surface area contributed by atoms with E-state index in [9.17, 15) is 4.79 Å². The van der Waals surface area contributed by atoms with E-state index in [4.69, 9.17) is 5.26 Å². The lowest BCUT2D eigenvalue weighted by Gasteiger charge is -2.00. The van der Waals surface area contributed by atoms with E-state index in [1.54, 1.807) is 30.5 Å². The van der Waals surface area contributed by atoms with Gasteiger partial charge in [-0.05, 0) is 35.4 Å². The SMILES string of the molecule is N#Cc1ccc(/C=N/NC(=O)Cc2ccc(Br)cc2)cc1. The van der Waals surface area contributed by atoms with Crippen LogP contribution < -0.4 is 5.43 Å². The third-order valence-corrected chi connectivity index (χ3v) is 3.25. The molecule has 0 saturated heterocycles. The zero-order valence-electron chi connectivity index (χ0n) is 11.1. The summed E-state index contributed by atoms with van der Waals surface area (Å²) in [4.78, 5) is 11.7. The molecular weight excluding hydrogens is 330 g/mol. The maximum atomic E-state index is 11.7. The second-order valence-corrected chi connectivity index (χ2v) is 5.25. The van der Waals surface area contributed by atoms with E-state index in [2.05, 4.69) is 26.5 Å². The van der Waals surface area contributed by atoms with Gasteiger partial charge in [0.15, 0.2) is 0 Å². The Morgan fingerprint density at radius 2 is 1.86 bits per heavy atom. The number of hydrogen-bond acceptors (Lipinski definition) is 3. The van der Waals surface area contributed by atoms with Crippen LogP contribution in [0.3, 0.4) is 0 Å². The molecule has 0 aromatic heterocycles. The molecule has 0 saturated carbocycles. The summed E-state index contributed by atoms with van der Waals surface area (Å²) < 4.78 is 0.977. The van der Waals surface area contributed by atoms with Crippen LogP contribution in [0, 0.1) is 11.3 Å². The second kappa shape index (κ2) is 7.36. The average Bonchev–Trinajstić information content (AvgIpc) is 2.50. The van der Waals surface area contributed by atoms with E-state index >= 15 is 0 Å². The van der Waals surface area contributed by atoms with Crippen molar-refractivity contribution in [3.63, 3.8) is 0 Å². The molecule has 0 radical (unpaired) electrons. The third kappa shape index (κ3) is 4.86. The summed E-state index contributed by atoms with van der Waals surface area (Å²) >= 11 is 3.35. The molecule has 1 N–H and O–H groups in total. The molecule has 1 amide bonds. The minimum absolute atomic E-state index is 0.179. The van der Waals surface area contributed by atoms with Crippen molar-refractivity contribution in [1.29, 1.82) is 5.26 Å². The molecule has 0 bridgehead atoms. The van der Waals surface area contributed by atoms with Gasteiger partial charge >= 0.3 is 0 Å². The quantitative estimate of drug-likeness (QED) is 0.686. The predicted octanol–water partition coefficient (Wildman–Crippen LogP) is 3.01. The fourth-order valence-electron chi connectivity index (χ4n) is 1.65. The van der Waals surface area contributed by atoms with Gasteiger partial charge in [-0.3, -0.25) is 4.79 Å². The molecule has 2 rings (SSSR count). The Morgan fingerprint density at radius 1 is 1.19 bits per heavy atom. The first-order chi connectivity index (χ1) is 10.2. The van der Waals surface area contributed by atoms with Gasteiger partial charge in [0.2, 0.25) is 5.91 Å². The summed E-state index contributed by atoms with van der Waals surface area (Å²) in [5, 5.41) is 12.6. The zero-order chi connectivity index (χ0) is 15.1. The third-order valence-electron chi connectivity index (χ3n) is 2.72. The standard InChI is InChI=1S/C16H12BrN3O/c17-15-7-5-12(6-8-15)9-16(21)20-19-11-14-3-1-13(10-18)2-4-14/h1-8,11H,9H2,(H,20,21)/b19-11+. The highest BCUT2D eigenvalue weighted by Crippen LogP contribution is 2.10. The van der Waals surface area contributed by atoms with Gasteiger partial charge in [0.1, 0.15) is 0 Å². The van der Waals surface area contributed by atoms with Gasteiger partial charge in [-0.15, -0.1) is 0 Å². The second-order valence-electron chi connectivity index (χ2n) is 4.33. The number of nitrogens with one attached hydrogen (secondary N) is 1. The molecular formula is C16H12BrN3O. The van der Waals surface area contributed by atoms with Crippen molar-refractivity contribution in [3.05, 3.63) is 69.7 Å². The molecule has 5 heteroatoms. The van der Waals surface area contributed by atoms with Crippen LogP contribution in [0.5, 0.6) is 0 Å². The fourth-order valence-corrected chi connectivity index (χ4v) is 1.91. The number of nitriles is 1. The zero-order valence-corrected chi connectivity index (χ0v) is 12.7. The highest BCUT2D eigenvalue weighted by molar-refractivity contribution is 9.10. The van der Waals surface area contributed by atoms with Crippen LogP contribution >= 0.6 is 15.9 Å². The topological polar surface area (TPSA) is 65.2 Å². The van der Waals surface area contributed by atoms with Crippen LogP contribution in [0.4, 0.5) is 0 Å². The average molecular weight is 342 g/mol. The first kappa shape index (κ1) is 14.9. The summed E-state index contributed by atoms with van der Waals surface area (Å²) in [6.07, 6.45) is 1.82. The van der Waals surface area contributed by atoms with E-state index in [-0.39, 0.29) is 12.3 Å². The predicted molar refractivity (Wildman–Crippen MR) is 84.7 cm³/mol. The normalized spacial score (nSPS) is 10.3. The lowest BCUT2D eigenvalue weighted by molar-refractivity contribution is -0.120. The van der Waals surface area contributed by atoms with E-state index in [0.717, 1.165) is 15.6 Å². The number of hydrazone groups is 1. The van der Waals surface area contributed by atoms with Crippen LogP contribution in [-0.4, -0.2) is 12.1 Å². The minimum Gasteiger partial charge on any atom is -0.273 e. The maximum Gasteiger partial charge on any atom is 0.244 e. The van der Waals surface area contributed by atoms with Gasteiger partial charge in [-0.25, -0.2) is 5.43 Å². The lowest BCUT2D eigenvalue weighted by Crippen LogP contribution is -2.19. The van der Waals surface area contributed by atoms with Crippen LogP contribution in [-0.2, 0) is 11.2 Å². The van der Waals surface area contributed by atoms with E-state index in [0.29, 0.717) is 5.56 Å². The van der Waals surface area contributed by atoms with E-state index < -0.39 is 0 Å². The molecule has 104 valence electrons. The summed E-state index contributed by atoms with van der Waals surface area (Å²) in [6, 6.07) is 16.5. The number of carbonyl (C=O) groups is 1. The summed E-state index contributed by atoms with van der Waals surface area (Å²) in [6.45, 7) is 0. The van der Waals surface area contributed by atoms with Crippen molar-refractivity contribution in [3.8, 4) is 6.07 Å². The molecule has 0 heterocycles. The number of rotatable bonds is 4. The van der Waals surface area contributed by atoms with Crippen LogP contribution in [0.25, 0.3) is 0 Å². The smallest absolute Gasteiger partial charge is 0.244 e. The van der Waals surface area contributed by atoms with E-state index in [1.807, 2.05) is 30.3 Å². The summed E-state index contributed by atoms with van der Waals surface area (Å²) in [5.74, 6) is -0.179. The van der Waals surface area contributed by atoms with Crippen molar-refractivity contribution < 1.29 is 4.79 Å². The van der Waals surface area contributed by atoms with Crippen LogP contribution in [0.1, 0.15) is 16.7 Å². The molecule has 21 heavy (non-hydrogen) atoms. The van der Waals surface area contributed by atoms with Crippen molar-refractivity contribution in [2.75, 3.05) is 0 Å². The number of halogens is 1. The molecule has 2 aromatic carbocycles. The highest BCUT2D eigenvalue weighted by atomic mass is 79.9. The van der Waals surface area contributed by atoms with Gasteiger partial charge in [0.05, 0.1) is 24.3 Å². The number of benzene rings is 2. The van der Waals surface area contributed by atoms with Crippen LogP contribution in [0.2, 0.25) is 0 Å². The van der Waals surface area contributed by atoms with Crippen molar-refractivity contribution >= 4 is 28.1 Å². The molecule has 0 unspecified atom stereocenters. The summed E-state index contributed by atoms with van der Waals surface area (Å²) in [7, 11) is 0. The van der Waals surface area contributed by atoms with Crippen molar-refractivity contribution in [2.24, 2.45) is 5.10 Å². The largest absolute Gasteiger partial charge is 0.273 e. The molecule has 0 atom stereocenters. The van der Waals surface area contributed by atoms with Gasteiger partial charge in [0.25, 0.3) is 0 Å². The van der Waals surface area contributed by atoms with Gasteiger partial charge < -0.3 is 0 Å². The summed E-state index contributed by atoms with van der Waals surface area (Å²) in [5.41, 5.74) is 4.80. The lowest BCUT2D eigenvalue weighted by atomic mass is 10.1. The van der Waals surface area contributed by atoms with E-state index in [1.165, 1.54) is 0 Å². The number of nitrogens with zero attached hydrogens (tertiary/aromatic N) is 2. The number of carbonyl (C=O) groups excluding carboxylic acids is 1. The molecule has 0 aliphatic carbocycles. The van der Waals surface area contributed by atoms with Gasteiger partial charge in [-0.1, -0.05) is 40.2 Å².